The third-order valence-corrected chi connectivity index (χ3v) is 14.9. The van der Waals surface area contributed by atoms with Crippen molar-refractivity contribution < 1.29 is 32.9 Å². The molecule has 0 rings (SSSR count). The van der Waals surface area contributed by atoms with Gasteiger partial charge in [-0.2, -0.15) is 0 Å². The SMILES string of the molecule is CCCCCCCCCCCCCC/C=C\CCCCCCCCCCCCC(=O)NC(COP(=O)(O)OCC[N+](C)(C)C)C(O)/C=C/CCCCCCCCCCCCCCCCCCCCC. The lowest BCUT2D eigenvalue weighted by atomic mass is 10.0. The van der Waals surface area contributed by atoms with Gasteiger partial charge in [0.1, 0.15) is 13.2 Å². The molecule has 0 aliphatic rings. The molecule has 69 heavy (non-hydrogen) atoms. The molecule has 0 spiro atoms. The number of aliphatic hydroxyl groups is 1. The van der Waals surface area contributed by atoms with Gasteiger partial charge >= 0.3 is 7.82 Å². The van der Waals surface area contributed by atoms with E-state index in [4.69, 9.17) is 9.05 Å². The van der Waals surface area contributed by atoms with E-state index in [0.29, 0.717) is 17.4 Å². The summed E-state index contributed by atoms with van der Waals surface area (Å²) in [5, 5.41) is 14.0. The fourth-order valence-corrected chi connectivity index (χ4v) is 9.89. The quantitative estimate of drug-likeness (QED) is 0.0243. The minimum atomic E-state index is -4.35. The molecule has 3 N–H and O–H groups in total. The van der Waals surface area contributed by atoms with E-state index in [1.54, 1.807) is 6.08 Å². The molecular formula is C60H120N2O6P+. The molecule has 3 unspecified atom stereocenters. The van der Waals surface area contributed by atoms with Crippen molar-refractivity contribution in [3.63, 3.8) is 0 Å². The number of hydrogen-bond donors (Lipinski definition) is 3. The largest absolute Gasteiger partial charge is 0.472 e. The standard InChI is InChI=1S/C60H119N2O6P/c1-6-8-10-12-14-16-18-20-22-24-26-28-29-30-31-32-34-36-38-40-42-44-46-48-50-52-54-60(64)61-58(57-68-69(65,66)67-56-55-62(3,4)5)59(63)53-51-49-47-45-43-41-39-37-35-33-27-25-23-21-19-17-15-13-11-9-7-2/h30-31,51,53,58-59,63H,6-29,32-50,52,54-57H2,1-5H3,(H-,61,64,65,66)/p+1/b31-30-,53-51+. The second kappa shape index (κ2) is 51.9. The van der Waals surface area contributed by atoms with Crippen LogP contribution in [0.15, 0.2) is 24.3 Å². The third-order valence-electron chi connectivity index (χ3n) is 13.9. The van der Waals surface area contributed by atoms with Gasteiger partial charge in [0.25, 0.3) is 0 Å². The molecule has 0 saturated heterocycles. The number of carbonyl (C=O) groups excluding carboxylic acids is 1. The van der Waals surface area contributed by atoms with Gasteiger partial charge in [0, 0.05) is 6.42 Å². The van der Waals surface area contributed by atoms with Crippen molar-refractivity contribution in [2.24, 2.45) is 0 Å². The zero-order valence-electron chi connectivity index (χ0n) is 46.8. The van der Waals surface area contributed by atoms with E-state index < -0.39 is 20.0 Å². The first-order valence-electron chi connectivity index (χ1n) is 30.2. The van der Waals surface area contributed by atoms with Crippen molar-refractivity contribution in [1.29, 1.82) is 0 Å². The normalized spacial score (nSPS) is 14.0. The summed E-state index contributed by atoms with van der Waals surface area (Å²) in [6, 6.07) is -0.846. The number of phosphoric acid groups is 1. The highest BCUT2D eigenvalue weighted by Gasteiger charge is 2.27. The van der Waals surface area contributed by atoms with E-state index in [9.17, 15) is 19.4 Å². The molecule has 0 aliphatic heterocycles. The molecule has 0 fully saturated rings. The number of nitrogens with zero attached hydrogens (tertiary/aromatic N) is 1. The summed E-state index contributed by atoms with van der Waals surface area (Å²) in [4.78, 5) is 23.3. The number of aliphatic hydroxyl groups excluding tert-OH is 1. The van der Waals surface area contributed by atoms with Gasteiger partial charge in [-0.25, -0.2) is 4.57 Å². The lowest BCUT2D eigenvalue weighted by molar-refractivity contribution is -0.870. The highest BCUT2D eigenvalue weighted by molar-refractivity contribution is 7.47. The van der Waals surface area contributed by atoms with Gasteiger partial charge in [-0.3, -0.25) is 13.8 Å². The maximum Gasteiger partial charge on any atom is 0.472 e. The minimum absolute atomic E-state index is 0.0631. The van der Waals surface area contributed by atoms with Crippen molar-refractivity contribution in [1.82, 2.24) is 5.32 Å². The molecule has 0 radical (unpaired) electrons. The summed E-state index contributed by atoms with van der Waals surface area (Å²) in [6.45, 7) is 4.86. The van der Waals surface area contributed by atoms with Crippen LogP contribution in [-0.4, -0.2) is 73.4 Å². The van der Waals surface area contributed by atoms with E-state index in [-0.39, 0.29) is 19.1 Å². The number of hydrogen-bond acceptors (Lipinski definition) is 5. The molecule has 0 saturated carbocycles. The van der Waals surface area contributed by atoms with Gasteiger partial charge in [-0.1, -0.05) is 276 Å². The fraction of sp³-hybridized carbons (Fsp3) is 0.917. The van der Waals surface area contributed by atoms with Crippen LogP contribution in [0.2, 0.25) is 0 Å². The minimum Gasteiger partial charge on any atom is -0.387 e. The number of rotatable bonds is 56. The molecule has 1 amide bonds. The highest BCUT2D eigenvalue weighted by atomic mass is 31.2. The Labute approximate surface area is 430 Å². The van der Waals surface area contributed by atoms with Crippen molar-refractivity contribution in [2.75, 3.05) is 40.9 Å². The first-order chi connectivity index (χ1) is 33.5. The lowest BCUT2D eigenvalue weighted by Gasteiger charge is -2.25. The van der Waals surface area contributed by atoms with Crippen LogP contribution in [0.3, 0.4) is 0 Å². The van der Waals surface area contributed by atoms with Gasteiger partial charge in [-0.15, -0.1) is 0 Å². The van der Waals surface area contributed by atoms with Gasteiger partial charge in [0.15, 0.2) is 0 Å². The first-order valence-corrected chi connectivity index (χ1v) is 31.7. The molecule has 3 atom stereocenters. The van der Waals surface area contributed by atoms with E-state index in [1.807, 2.05) is 27.2 Å². The van der Waals surface area contributed by atoms with Crippen LogP contribution in [0.5, 0.6) is 0 Å². The van der Waals surface area contributed by atoms with E-state index in [0.717, 1.165) is 38.5 Å². The van der Waals surface area contributed by atoms with Crippen LogP contribution in [0.1, 0.15) is 303 Å². The Balaban J connectivity index is 4.16. The maximum atomic E-state index is 13.0. The molecule has 0 aromatic carbocycles. The molecule has 0 bridgehead atoms. The molecule has 0 aromatic rings. The zero-order valence-corrected chi connectivity index (χ0v) is 47.7. The Morgan fingerprint density at radius 1 is 0.478 bits per heavy atom. The molecule has 0 heterocycles. The highest BCUT2D eigenvalue weighted by Crippen LogP contribution is 2.43. The monoisotopic (exact) mass is 996 g/mol. The second-order valence-electron chi connectivity index (χ2n) is 22.1. The summed E-state index contributed by atoms with van der Waals surface area (Å²) in [5.41, 5.74) is 0. The van der Waals surface area contributed by atoms with E-state index in [2.05, 4.69) is 31.3 Å². The molecule has 8 nitrogen and oxygen atoms in total. The van der Waals surface area contributed by atoms with E-state index in [1.165, 1.54) is 244 Å². The number of likely N-dealkylation sites (N-methyl/N-ethyl adjacent to an activating group) is 1. The number of carbonyl (C=O) groups is 1. The smallest absolute Gasteiger partial charge is 0.387 e. The fourth-order valence-electron chi connectivity index (χ4n) is 9.16. The van der Waals surface area contributed by atoms with Gasteiger partial charge < -0.3 is 19.8 Å². The number of nitrogens with one attached hydrogen (secondary N) is 1. The summed E-state index contributed by atoms with van der Waals surface area (Å²) in [7, 11) is 1.58. The van der Waals surface area contributed by atoms with Crippen LogP contribution in [0.25, 0.3) is 0 Å². The number of allylic oxidation sites excluding steroid dienone is 3. The predicted octanol–water partition coefficient (Wildman–Crippen LogP) is 18.4. The average molecular weight is 997 g/mol. The number of phosphoric ester groups is 1. The summed E-state index contributed by atoms with van der Waals surface area (Å²) >= 11 is 0. The van der Waals surface area contributed by atoms with Gasteiger partial charge in [0.05, 0.1) is 39.9 Å². The number of amides is 1. The average Bonchev–Trinajstić information content (AvgIpc) is 3.31. The first kappa shape index (κ1) is 68.0. The van der Waals surface area contributed by atoms with Crippen molar-refractivity contribution in [3.8, 4) is 0 Å². The Hall–Kier alpha value is -1.02. The van der Waals surface area contributed by atoms with Crippen molar-refractivity contribution >= 4 is 13.7 Å². The Bertz CT molecular complexity index is 1170. The Morgan fingerprint density at radius 2 is 0.783 bits per heavy atom. The molecule has 0 aliphatic carbocycles. The zero-order chi connectivity index (χ0) is 50.6. The molecule has 9 heteroatoms. The number of quaternary nitrogens is 1. The lowest BCUT2D eigenvalue weighted by Crippen LogP contribution is -2.45. The van der Waals surface area contributed by atoms with Crippen LogP contribution in [0, 0.1) is 0 Å². The van der Waals surface area contributed by atoms with Crippen LogP contribution in [-0.2, 0) is 18.4 Å². The predicted molar refractivity (Wildman–Crippen MR) is 300 cm³/mol. The molecular weight excluding hydrogens is 876 g/mol. The summed E-state index contributed by atoms with van der Waals surface area (Å²) in [5.74, 6) is -0.173. The van der Waals surface area contributed by atoms with Crippen LogP contribution >= 0.6 is 7.82 Å². The van der Waals surface area contributed by atoms with Crippen LogP contribution in [0.4, 0.5) is 0 Å². The second-order valence-corrected chi connectivity index (χ2v) is 23.5. The molecule has 410 valence electrons. The number of unbranched alkanes of at least 4 members (excludes halogenated alkanes) is 41. The Kier molecular flexibility index (Phi) is 51.1. The van der Waals surface area contributed by atoms with Crippen LogP contribution < -0.4 is 5.32 Å². The Morgan fingerprint density at radius 3 is 1.12 bits per heavy atom. The maximum absolute atomic E-state index is 13.0. The third kappa shape index (κ3) is 54.6. The summed E-state index contributed by atoms with van der Waals surface area (Å²) < 4.78 is 23.7. The summed E-state index contributed by atoms with van der Waals surface area (Å²) in [6.07, 6.45) is 65.7. The van der Waals surface area contributed by atoms with Gasteiger partial charge in [-0.05, 0) is 44.9 Å². The topological polar surface area (TPSA) is 105 Å². The molecule has 0 aromatic heterocycles. The van der Waals surface area contributed by atoms with E-state index >= 15 is 0 Å². The van der Waals surface area contributed by atoms with Gasteiger partial charge in [0.2, 0.25) is 5.91 Å². The van der Waals surface area contributed by atoms with Crippen molar-refractivity contribution in [2.45, 2.75) is 315 Å². The van der Waals surface area contributed by atoms with Crippen molar-refractivity contribution in [3.05, 3.63) is 24.3 Å².